The number of nitrogens with zero attached hydrogens (tertiary/aromatic N) is 6. The third-order valence-electron chi connectivity index (χ3n) is 6.31. The van der Waals surface area contributed by atoms with E-state index in [0.717, 1.165) is 69.4 Å². The van der Waals surface area contributed by atoms with Gasteiger partial charge in [-0.15, -0.1) is 0 Å². The van der Waals surface area contributed by atoms with Gasteiger partial charge < -0.3 is 10.6 Å². The zero-order valence-corrected chi connectivity index (χ0v) is 18.7. The standard InChI is InChI=1S/C25H29N7O/c26-23(33)18-30-12-14-32(15-13-30)25-20-17-31(16-19-6-2-1-3-7-19)11-9-21(20)28-24(29-25)22-8-4-5-10-27-22/h1-8,10H,9,11-18H2,(H2,26,33). The molecule has 2 aromatic heterocycles. The summed E-state index contributed by atoms with van der Waals surface area (Å²) in [6, 6.07) is 16.4. The molecule has 0 unspecified atom stereocenters. The normalized spacial score (nSPS) is 17.0. The molecule has 0 bridgehead atoms. The van der Waals surface area contributed by atoms with Crippen LogP contribution in [0.5, 0.6) is 0 Å². The van der Waals surface area contributed by atoms with E-state index in [1.54, 1.807) is 6.20 Å². The van der Waals surface area contributed by atoms with E-state index in [1.165, 1.54) is 11.1 Å². The Morgan fingerprint density at radius 1 is 0.909 bits per heavy atom. The maximum atomic E-state index is 11.3. The SMILES string of the molecule is NC(=O)CN1CCN(c2nc(-c3ccccn3)nc3c2CN(Cc2ccccc2)CC3)CC1. The summed E-state index contributed by atoms with van der Waals surface area (Å²) in [5, 5.41) is 0. The van der Waals surface area contributed by atoms with Gasteiger partial charge in [-0.1, -0.05) is 36.4 Å². The molecule has 2 aliphatic rings. The monoisotopic (exact) mass is 443 g/mol. The zero-order chi connectivity index (χ0) is 22.6. The van der Waals surface area contributed by atoms with E-state index in [0.29, 0.717) is 12.4 Å². The molecule has 0 aliphatic carbocycles. The molecule has 2 N–H and O–H groups in total. The number of amides is 1. The van der Waals surface area contributed by atoms with Crippen LogP contribution in [0.3, 0.4) is 0 Å². The fourth-order valence-corrected chi connectivity index (χ4v) is 4.64. The van der Waals surface area contributed by atoms with Crippen LogP contribution in [0.4, 0.5) is 5.82 Å². The summed E-state index contributed by atoms with van der Waals surface area (Å²) < 4.78 is 0. The first kappa shape index (κ1) is 21.5. The van der Waals surface area contributed by atoms with Crippen molar-refractivity contribution < 1.29 is 4.79 Å². The van der Waals surface area contributed by atoms with Crippen LogP contribution in [-0.4, -0.2) is 69.9 Å². The van der Waals surface area contributed by atoms with Crippen molar-refractivity contribution >= 4 is 11.7 Å². The maximum Gasteiger partial charge on any atom is 0.231 e. The molecule has 1 aromatic carbocycles. The molecule has 1 fully saturated rings. The number of carbonyl (C=O) groups is 1. The van der Waals surface area contributed by atoms with Gasteiger partial charge in [0, 0.05) is 64.0 Å². The molecule has 8 heteroatoms. The minimum atomic E-state index is -0.281. The van der Waals surface area contributed by atoms with E-state index in [1.807, 2.05) is 18.2 Å². The number of hydrogen-bond donors (Lipinski definition) is 1. The molecule has 1 amide bonds. The van der Waals surface area contributed by atoms with Crippen molar-refractivity contribution in [1.82, 2.24) is 24.8 Å². The van der Waals surface area contributed by atoms with Crippen LogP contribution < -0.4 is 10.6 Å². The number of rotatable bonds is 6. The number of anilines is 1. The number of benzene rings is 1. The molecular formula is C25H29N7O. The Morgan fingerprint density at radius 3 is 2.42 bits per heavy atom. The van der Waals surface area contributed by atoms with E-state index in [-0.39, 0.29) is 5.91 Å². The van der Waals surface area contributed by atoms with Gasteiger partial charge in [0.15, 0.2) is 5.82 Å². The summed E-state index contributed by atoms with van der Waals surface area (Å²) >= 11 is 0. The molecule has 8 nitrogen and oxygen atoms in total. The minimum Gasteiger partial charge on any atom is -0.369 e. The summed E-state index contributed by atoms with van der Waals surface area (Å²) in [4.78, 5) is 32.7. The molecule has 0 saturated carbocycles. The van der Waals surface area contributed by atoms with Crippen molar-refractivity contribution in [2.75, 3.05) is 44.2 Å². The molecule has 5 rings (SSSR count). The van der Waals surface area contributed by atoms with Gasteiger partial charge in [0.1, 0.15) is 11.5 Å². The minimum absolute atomic E-state index is 0.281. The fraction of sp³-hybridized carbons (Fsp3) is 0.360. The Morgan fingerprint density at radius 2 is 1.70 bits per heavy atom. The van der Waals surface area contributed by atoms with Crippen molar-refractivity contribution in [3.8, 4) is 11.5 Å². The Labute approximate surface area is 194 Å². The first-order valence-electron chi connectivity index (χ1n) is 11.5. The molecule has 170 valence electrons. The molecule has 33 heavy (non-hydrogen) atoms. The van der Waals surface area contributed by atoms with Crippen LogP contribution in [0, 0.1) is 0 Å². The highest BCUT2D eigenvalue weighted by molar-refractivity contribution is 5.76. The lowest BCUT2D eigenvalue weighted by molar-refractivity contribution is -0.119. The van der Waals surface area contributed by atoms with Gasteiger partial charge in [-0.25, -0.2) is 9.97 Å². The number of hydrogen-bond acceptors (Lipinski definition) is 7. The second-order valence-corrected chi connectivity index (χ2v) is 8.69. The van der Waals surface area contributed by atoms with Crippen LogP contribution in [-0.2, 0) is 24.3 Å². The van der Waals surface area contributed by atoms with Crippen molar-refractivity contribution in [2.24, 2.45) is 5.73 Å². The van der Waals surface area contributed by atoms with Gasteiger partial charge >= 0.3 is 0 Å². The highest BCUT2D eigenvalue weighted by atomic mass is 16.1. The second-order valence-electron chi connectivity index (χ2n) is 8.69. The molecule has 4 heterocycles. The predicted octanol–water partition coefficient (Wildman–Crippen LogP) is 1.70. The van der Waals surface area contributed by atoms with Crippen LogP contribution in [0.15, 0.2) is 54.7 Å². The smallest absolute Gasteiger partial charge is 0.231 e. The number of piperazine rings is 1. The van der Waals surface area contributed by atoms with Gasteiger partial charge in [-0.05, 0) is 17.7 Å². The average molecular weight is 444 g/mol. The molecule has 2 aliphatic heterocycles. The number of carbonyl (C=O) groups excluding carboxylic acids is 1. The van der Waals surface area contributed by atoms with Crippen LogP contribution in [0.2, 0.25) is 0 Å². The van der Waals surface area contributed by atoms with E-state index in [9.17, 15) is 4.79 Å². The number of fused-ring (bicyclic) bond motifs is 1. The quantitative estimate of drug-likeness (QED) is 0.620. The summed E-state index contributed by atoms with van der Waals surface area (Å²) in [5.74, 6) is 1.40. The van der Waals surface area contributed by atoms with Crippen LogP contribution in [0.1, 0.15) is 16.8 Å². The van der Waals surface area contributed by atoms with Crippen molar-refractivity contribution in [3.05, 3.63) is 71.5 Å². The third kappa shape index (κ3) is 5.02. The van der Waals surface area contributed by atoms with E-state index in [4.69, 9.17) is 15.7 Å². The third-order valence-corrected chi connectivity index (χ3v) is 6.31. The first-order valence-corrected chi connectivity index (χ1v) is 11.5. The highest BCUT2D eigenvalue weighted by Gasteiger charge is 2.28. The van der Waals surface area contributed by atoms with Crippen molar-refractivity contribution in [1.29, 1.82) is 0 Å². The molecule has 0 radical (unpaired) electrons. The number of aromatic nitrogens is 3. The second kappa shape index (κ2) is 9.64. The number of nitrogens with two attached hydrogens (primary N) is 1. The molecule has 3 aromatic rings. The molecule has 1 saturated heterocycles. The van der Waals surface area contributed by atoms with Crippen molar-refractivity contribution in [2.45, 2.75) is 19.5 Å². The van der Waals surface area contributed by atoms with Crippen LogP contribution in [0.25, 0.3) is 11.5 Å². The topological polar surface area (TPSA) is 91.5 Å². The van der Waals surface area contributed by atoms with E-state index >= 15 is 0 Å². The zero-order valence-electron chi connectivity index (χ0n) is 18.7. The van der Waals surface area contributed by atoms with Gasteiger partial charge in [0.2, 0.25) is 5.91 Å². The first-order chi connectivity index (χ1) is 16.2. The number of pyridine rings is 1. The Bertz CT molecular complexity index is 1100. The maximum absolute atomic E-state index is 11.3. The molecule has 0 spiro atoms. The van der Waals surface area contributed by atoms with Crippen molar-refractivity contribution in [3.63, 3.8) is 0 Å². The van der Waals surface area contributed by atoms with Crippen LogP contribution >= 0.6 is 0 Å². The summed E-state index contributed by atoms with van der Waals surface area (Å²) in [7, 11) is 0. The van der Waals surface area contributed by atoms with Gasteiger partial charge in [0.25, 0.3) is 0 Å². The largest absolute Gasteiger partial charge is 0.369 e. The summed E-state index contributed by atoms with van der Waals surface area (Å²) in [6.45, 7) is 6.18. The summed E-state index contributed by atoms with van der Waals surface area (Å²) in [5.41, 5.74) is 9.83. The van der Waals surface area contributed by atoms with E-state index < -0.39 is 0 Å². The van der Waals surface area contributed by atoms with E-state index in [2.05, 4.69) is 50.0 Å². The number of primary amides is 1. The predicted molar refractivity (Wildman–Crippen MR) is 127 cm³/mol. The average Bonchev–Trinajstić information content (AvgIpc) is 2.85. The Kier molecular flexibility index (Phi) is 6.28. The lowest BCUT2D eigenvalue weighted by atomic mass is 10.0. The van der Waals surface area contributed by atoms with Gasteiger partial charge in [-0.3, -0.25) is 19.6 Å². The highest BCUT2D eigenvalue weighted by Crippen LogP contribution is 2.30. The lowest BCUT2D eigenvalue weighted by Gasteiger charge is -2.37. The van der Waals surface area contributed by atoms with Gasteiger partial charge in [0.05, 0.1) is 12.2 Å². The Balaban J connectivity index is 1.44. The summed E-state index contributed by atoms with van der Waals surface area (Å²) in [6.07, 6.45) is 2.67. The fourth-order valence-electron chi connectivity index (χ4n) is 4.64. The Hall–Kier alpha value is -3.36. The lowest BCUT2D eigenvalue weighted by Crippen LogP contribution is -2.49. The van der Waals surface area contributed by atoms with Gasteiger partial charge in [-0.2, -0.15) is 0 Å². The molecule has 0 atom stereocenters. The molecular weight excluding hydrogens is 414 g/mol.